The SMILES string of the molecule is CCCCC[C@@H](OCc1ccccc1)[C@H]1C[C@H](OC(=O)c2ccc([N+](=O)[O-])cc2)[C@@H](C/C=C/C(=O)OCC)O1. The third kappa shape index (κ3) is 9.60. The molecule has 9 nitrogen and oxygen atoms in total. The predicted octanol–water partition coefficient (Wildman–Crippen LogP) is 5.95. The molecule has 0 spiro atoms. The molecule has 9 heteroatoms. The van der Waals surface area contributed by atoms with Crippen molar-refractivity contribution in [2.24, 2.45) is 0 Å². The Kier molecular flexibility index (Phi) is 12.1. The van der Waals surface area contributed by atoms with Crippen molar-refractivity contribution < 1.29 is 33.5 Å². The second kappa shape index (κ2) is 15.8. The van der Waals surface area contributed by atoms with Gasteiger partial charge < -0.3 is 18.9 Å². The molecule has 210 valence electrons. The molecule has 1 saturated heterocycles. The Labute approximate surface area is 229 Å². The summed E-state index contributed by atoms with van der Waals surface area (Å²) in [5.74, 6) is -1.04. The van der Waals surface area contributed by atoms with Crippen molar-refractivity contribution in [2.75, 3.05) is 6.61 Å². The number of non-ortho nitro benzene ring substituents is 1. The van der Waals surface area contributed by atoms with Gasteiger partial charge in [0.05, 0.1) is 42.0 Å². The van der Waals surface area contributed by atoms with E-state index < -0.39 is 29.1 Å². The zero-order chi connectivity index (χ0) is 28.0. The quantitative estimate of drug-likeness (QED) is 0.0896. The molecule has 0 bridgehead atoms. The van der Waals surface area contributed by atoms with Crippen LogP contribution >= 0.6 is 0 Å². The minimum absolute atomic E-state index is 0.108. The Hall–Kier alpha value is -3.56. The second-order valence-electron chi connectivity index (χ2n) is 9.42. The highest BCUT2D eigenvalue weighted by molar-refractivity contribution is 5.89. The standard InChI is InChI=1S/C30H37NO8/c1-3-5-7-13-25(37-21-22-11-8-6-9-12-22)27-20-28(26(38-27)14-10-15-29(32)36-4-2)39-30(33)23-16-18-24(19-17-23)31(34)35/h6,8-12,15-19,25-28H,3-5,7,13-14,20-21H2,1-2H3/b15-10+/t25-,26-,27-,28+/m1/s1. The fourth-order valence-electron chi connectivity index (χ4n) is 4.48. The Balaban J connectivity index is 1.73. The molecule has 1 heterocycles. The van der Waals surface area contributed by atoms with E-state index in [2.05, 4.69) is 6.92 Å². The van der Waals surface area contributed by atoms with Crippen molar-refractivity contribution in [3.8, 4) is 0 Å². The lowest BCUT2D eigenvalue weighted by molar-refractivity contribution is -0.384. The lowest BCUT2D eigenvalue weighted by Gasteiger charge is -2.24. The van der Waals surface area contributed by atoms with E-state index in [1.165, 1.54) is 30.3 Å². The minimum Gasteiger partial charge on any atom is -0.463 e. The van der Waals surface area contributed by atoms with Gasteiger partial charge >= 0.3 is 11.9 Å². The lowest BCUT2D eigenvalue weighted by Crippen LogP contribution is -2.29. The Morgan fingerprint density at radius 3 is 2.51 bits per heavy atom. The molecule has 0 aliphatic carbocycles. The van der Waals surface area contributed by atoms with Crippen LogP contribution in [0.25, 0.3) is 0 Å². The second-order valence-corrected chi connectivity index (χ2v) is 9.42. The summed E-state index contributed by atoms with van der Waals surface area (Å²) in [6.45, 7) is 4.60. The summed E-state index contributed by atoms with van der Waals surface area (Å²) < 4.78 is 23.5. The van der Waals surface area contributed by atoms with Crippen LogP contribution in [-0.2, 0) is 30.3 Å². The molecule has 39 heavy (non-hydrogen) atoms. The number of carbonyl (C=O) groups is 2. The molecule has 3 rings (SSSR count). The van der Waals surface area contributed by atoms with Gasteiger partial charge in [-0.05, 0) is 37.5 Å². The van der Waals surface area contributed by atoms with Gasteiger partial charge in [0.1, 0.15) is 6.10 Å². The molecule has 4 atom stereocenters. The van der Waals surface area contributed by atoms with Gasteiger partial charge in [-0.25, -0.2) is 9.59 Å². The van der Waals surface area contributed by atoms with E-state index in [0.717, 1.165) is 31.2 Å². The smallest absolute Gasteiger partial charge is 0.338 e. The highest BCUT2D eigenvalue weighted by atomic mass is 16.6. The molecule has 1 fully saturated rings. The first-order chi connectivity index (χ1) is 18.9. The van der Waals surface area contributed by atoms with Crippen molar-refractivity contribution in [1.29, 1.82) is 0 Å². The number of hydrogen-bond donors (Lipinski definition) is 0. The van der Waals surface area contributed by atoms with E-state index in [1.807, 2.05) is 30.3 Å². The molecule has 0 aromatic heterocycles. The van der Waals surface area contributed by atoms with Crippen molar-refractivity contribution >= 4 is 17.6 Å². The van der Waals surface area contributed by atoms with E-state index in [4.69, 9.17) is 18.9 Å². The predicted molar refractivity (Wildman–Crippen MR) is 145 cm³/mol. The molecule has 2 aromatic carbocycles. The van der Waals surface area contributed by atoms with E-state index >= 15 is 0 Å². The van der Waals surface area contributed by atoms with Crippen LogP contribution in [-0.4, -0.2) is 47.9 Å². The molecule has 0 N–H and O–H groups in total. The van der Waals surface area contributed by atoms with Crippen LogP contribution in [0.15, 0.2) is 66.7 Å². The van der Waals surface area contributed by atoms with Gasteiger partial charge in [0.2, 0.25) is 0 Å². The molecule has 0 radical (unpaired) electrons. The van der Waals surface area contributed by atoms with Gasteiger partial charge in [-0.3, -0.25) is 10.1 Å². The topological polar surface area (TPSA) is 114 Å². The monoisotopic (exact) mass is 539 g/mol. The average Bonchev–Trinajstić information content (AvgIpc) is 3.33. The molecular formula is C30H37NO8. The number of esters is 2. The zero-order valence-electron chi connectivity index (χ0n) is 22.5. The number of unbranched alkanes of at least 4 members (excludes halogenated alkanes) is 2. The molecule has 0 unspecified atom stereocenters. The first kappa shape index (κ1) is 30.0. The highest BCUT2D eigenvalue weighted by Crippen LogP contribution is 2.32. The Bertz CT molecular complexity index is 1090. The summed E-state index contributed by atoms with van der Waals surface area (Å²) in [7, 11) is 0. The first-order valence-electron chi connectivity index (χ1n) is 13.5. The molecular weight excluding hydrogens is 502 g/mol. The summed E-state index contributed by atoms with van der Waals surface area (Å²) in [4.78, 5) is 35.1. The van der Waals surface area contributed by atoms with Crippen molar-refractivity contribution in [2.45, 2.75) is 83.4 Å². The van der Waals surface area contributed by atoms with Crippen LogP contribution in [0, 0.1) is 10.1 Å². The zero-order valence-corrected chi connectivity index (χ0v) is 22.5. The van der Waals surface area contributed by atoms with E-state index in [-0.39, 0.29) is 30.1 Å². The van der Waals surface area contributed by atoms with Crippen molar-refractivity contribution in [1.82, 2.24) is 0 Å². The largest absolute Gasteiger partial charge is 0.463 e. The maximum Gasteiger partial charge on any atom is 0.338 e. The number of nitrogens with zero attached hydrogens (tertiary/aromatic N) is 1. The van der Waals surface area contributed by atoms with Gasteiger partial charge in [-0.15, -0.1) is 0 Å². The third-order valence-corrected chi connectivity index (χ3v) is 6.52. The number of nitro groups is 1. The number of nitro benzene ring substituents is 1. The molecule has 0 amide bonds. The van der Waals surface area contributed by atoms with Gasteiger partial charge in [-0.2, -0.15) is 0 Å². The summed E-state index contributed by atoms with van der Waals surface area (Å²) in [6.07, 6.45) is 6.14. The third-order valence-electron chi connectivity index (χ3n) is 6.52. The van der Waals surface area contributed by atoms with Crippen LogP contribution in [0.5, 0.6) is 0 Å². The normalized spacial score (nSPS) is 19.6. The number of benzene rings is 2. The summed E-state index contributed by atoms with van der Waals surface area (Å²) in [6, 6.07) is 15.2. The minimum atomic E-state index is -0.591. The summed E-state index contributed by atoms with van der Waals surface area (Å²) in [5, 5.41) is 11.0. The maximum absolute atomic E-state index is 12.9. The van der Waals surface area contributed by atoms with Gasteiger partial charge in [0.15, 0.2) is 0 Å². The van der Waals surface area contributed by atoms with Crippen LogP contribution in [0.2, 0.25) is 0 Å². The van der Waals surface area contributed by atoms with E-state index in [9.17, 15) is 19.7 Å². The van der Waals surface area contributed by atoms with Gasteiger partial charge in [0.25, 0.3) is 5.69 Å². The van der Waals surface area contributed by atoms with Crippen LogP contribution in [0.4, 0.5) is 5.69 Å². The maximum atomic E-state index is 12.9. The van der Waals surface area contributed by atoms with Gasteiger partial charge in [0, 0.05) is 24.6 Å². The van der Waals surface area contributed by atoms with Crippen LogP contribution < -0.4 is 0 Å². The van der Waals surface area contributed by atoms with Gasteiger partial charge in [-0.1, -0.05) is 62.6 Å². The molecule has 2 aromatic rings. The van der Waals surface area contributed by atoms with Crippen molar-refractivity contribution in [3.63, 3.8) is 0 Å². The van der Waals surface area contributed by atoms with Crippen molar-refractivity contribution in [3.05, 3.63) is 88.0 Å². The van der Waals surface area contributed by atoms with E-state index in [0.29, 0.717) is 19.4 Å². The fourth-order valence-corrected chi connectivity index (χ4v) is 4.48. The Morgan fingerprint density at radius 2 is 1.85 bits per heavy atom. The highest BCUT2D eigenvalue weighted by Gasteiger charge is 2.41. The number of carbonyl (C=O) groups excluding carboxylic acids is 2. The molecule has 1 aliphatic heterocycles. The first-order valence-corrected chi connectivity index (χ1v) is 13.5. The lowest BCUT2D eigenvalue weighted by atomic mass is 10.0. The molecule has 0 saturated carbocycles. The molecule has 1 aliphatic rings. The van der Waals surface area contributed by atoms with Crippen LogP contribution in [0.1, 0.15) is 68.3 Å². The average molecular weight is 540 g/mol. The fraction of sp³-hybridized carbons (Fsp3) is 0.467. The van der Waals surface area contributed by atoms with Crippen LogP contribution in [0.3, 0.4) is 0 Å². The number of rotatable bonds is 15. The number of hydrogen-bond acceptors (Lipinski definition) is 8. The summed E-state index contributed by atoms with van der Waals surface area (Å²) in [5.41, 5.74) is 1.17. The Morgan fingerprint density at radius 1 is 1.10 bits per heavy atom. The number of ether oxygens (including phenoxy) is 4. The van der Waals surface area contributed by atoms with E-state index in [1.54, 1.807) is 13.0 Å². The summed E-state index contributed by atoms with van der Waals surface area (Å²) >= 11 is 0.